The highest BCUT2D eigenvalue weighted by molar-refractivity contribution is 14.0. The van der Waals surface area contributed by atoms with Crippen LogP contribution in [-0.4, -0.2) is 39.2 Å². The van der Waals surface area contributed by atoms with E-state index in [9.17, 15) is 0 Å². The lowest BCUT2D eigenvalue weighted by Gasteiger charge is -2.19. The molecule has 5 heteroatoms. The minimum Gasteiger partial charge on any atom is -0.375 e. The summed E-state index contributed by atoms with van der Waals surface area (Å²) in [6.07, 6.45) is 2.31. The van der Waals surface area contributed by atoms with Crippen molar-refractivity contribution in [3.05, 3.63) is 30.3 Å². The van der Waals surface area contributed by atoms with Crippen LogP contribution in [0.3, 0.4) is 0 Å². The summed E-state index contributed by atoms with van der Waals surface area (Å²) in [5.41, 5.74) is 1.28. The number of anilines is 1. The molecule has 0 aliphatic rings. The summed E-state index contributed by atoms with van der Waals surface area (Å²) in [5.74, 6) is 1.53. The molecule has 1 aromatic carbocycles. The molecule has 0 radical (unpaired) electrons. The van der Waals surface area contributed by atoms with Crippen LogP contribution in [0.15, 0.2) is 35.3 Å². The van der Waals surface area contributed by atoms with Crippen molar-refractivity contribution in [2.24, 2.45) is 10.9 Å². The first-order chi connectivity index (χ1) is 10.6. The van der Waals surface area contributed by atoms with Gasteiger partial charge in [-0.25, -0.2) is 0 Å². The molecule has 0 fully saturated rings. The Morgan fingerprint density at radius 1 is 1.13 bits per heavy atom. The summed E-state index contributed by atoms with van der Waals surface area (Å²) in [4.78, 5) is 6.88. The molecule has 0 spiro atoms. The second-order valence-corrected chi connectivity index (χ2v) is 6.00. The lowest BCUT2D eigenvalue weighted by Crippen LogP contribution is -2.38. The highest BCUT2D eigenvalue weighted by atomic mass is 127. The fourth-order valence-corrected chi connectivity index (χ4v) is 2.11. The van der Waals surface area contributed by atoms with Crippen molar-refractivity contribution < 1.29 is 0 Å². The van der Waals surface area contributed by atoms with E-state index in [1.165, 1.54) is 12.1 Å². The van der Waals surface area contributed by atoms with Crippen LogP contribution in [-0.2, 0) is 0 Å². The SMILES string of the molecule is CCNC(=NCC(C)C)NCCCCN(C)c1ccccc1.I. The molecule has 4 nitrogen and oxygen atoms in total. The number of aliphatic imine (C=N–C) groups is 1. The van der Waals surface area contributed by atoms with Crippen LogP contribution in [0, 0.1) is 5.92 Å². The Morgan fingerprint density at radius 2 is 1.83 bits per heavy atom. The van der Waals surface area contributed by atoms with Gasteiger partial charge in [-0.2, -0.15) is 0 Å². The number of nitrogens with zero attached hydrogens (tertiary/aromatic N) is 2. The minimum atomic E-state index is 0. The van der Waals surface area contributed by atoms with Gasteiger partial charge in [0.15, 0.2) is 5.96 Å². The van der Waals surface area contributed by atoms with Gasteiger partial charge in [0.2, 0.25) is 0 Å². The maximum Gasteiger partial charge on any atom is 0.191 e. The first kappa shape index (κ1) is 22.0. The van der Waals surface area contributed by atoms with Crippen molar-refractivity contribution in [1.82, 2.24) is 10.6 Å². The van der Waals surface area contributed by atoms with E-state index in [1.54, 1.807) is 0 Å². The second-order valence-electron chi connectivity index (χ2n) is 6.00. The standard InChI is InChI=1S/C18H32N4.HI/c1-5-19-18(21-15-16(2)3)20-13-9-10-14-22(4)17-11-7-6-8-12-17;/h6-8,11-12,16H,5,9-10,13-15H2,1-4H3,(H2,19,20,21);1H. The van der Waals surface area contributed by atoms with Gasteiger partial charge < -0.3 is 15.5 Å². The van der Waals surface area contributed by atoms with Crippen LogP contribution in [0.2, 0.25) is 0 Å². The first-order valence-electron chi connectivity index (χ1n) is 8.41. The van der Waals surface area contributed by atoms with Gasteiger partial charge in [-0.15, -0.1) is 24.0 Å². The summed E-state index contributed by atoms with van der Waals surface area (Å²) in [7, 11) is 2.15. The molecule has 0 bridgehead atoms. The van der Waals surface area contributed by atoms with Crippen LogP contribution in [0.4, 0.5) is 5.69 Å². The van der Waals surface area contributed by atoms with Gasteiger partial charge in [0.05, 0.1) is 0 Å². The van der Waals surface area contributed by atoms with Gasteiger partial charge in [-0.3, -0.25) is 4.99 Å². The summed E-state index contributed by atoms with van der Waals surface area (Å²) >= 11 is 0. The van der Waals surface area contributed by atoms with E-state index in [-0.39, 0.29) is 24.0 Å². The Labute approximate surface area is 159 Å². The number of hydrogen-bond acceptors (Lipinski definition) is 2. The Morgan fingerprint density at radius 3 is 2.43 bits per heavy atom. The van der Waals surface area contributed by atoms with Crippen molar-refractivity contribution in [3.8, 4) is 0 Å². The number of rotatable bonds is 9. The zero-order valence-electron chi connectivity index (χ0n) is 15.0. The molecule has 0 saturated carbocycles. The molecule has 1 aromatic rings. The molecule has 0 amide bonds. The predicted molar refractivity (Wildman–Crippen MR) is 113 cm³/mol. The molecule has 23 heavy (non-hydrogen) atoms. The largest absolute Gasteiger partial charge is 0.375 e. The molecule has 132 valence electrons. The molecule has 1 rings (SSSR count). The first-order valence-corrected chi connectivity index (χ1v) is 8.41. The Kier molecular flexibility index (Phi) is 12.9. The smallest absolute Gasteiger partial charge is 0.191 e. The molecular formula is C18H33IN4. The van der Waals surface area contributed by atoms with E-state index >= 15 is 0 Å². The fraction of sp³-hybridized carbons (Fsp3) is 0.611. The highest BCUT2D eigenvalue weighted by Crippen LogP contribution is 2.11. The molecule has 0 aliphatic carbocycles. The van der Waals surface area contributed by atoms with Gasteiger partial charge in [-0.1, -0.05) is 32.0 Å². The minimum absolute atomic E-state index is 0. The summed E-state index contributed by atoms with van der Waals surface area (Å²) in [5, 5.41) is 6.70. The molecule has 0 heterocycles. The zero-order chi connectivity index (χ0) is 16.2. The number of para-hydroxylation sites is 1. The van der Waals surface area contributed by atoms with Crippen LogP contribution in [0.1, 0.15) is 33.6 Å². The van der Waals surface area contributed by atoms with Gasteiger partial charge in [0.25, 0.3) is 0 Å². The van der Waals surface area contributed by atoms with Crippen molar-refractivity contribution >= 4 is 35.6 Å². The molecule has 0 atom stereocenters. The number of unbranched alkanes of at least 4 members (excludes halogenated alkanes) is 1. The van der Waals surface area contributed by atoms with Gasteiger partial charge in [0.1, 0.15) is 0 Å². The third-order valence-corrected chi connectivity index (χ3v) is 3.37. The van der Waals surface area contributed by atoms with E-state index < -0.39 is 0 Å². The maximum atomic E-state index is 4.58. The van der Waals surface area contributed by atoms with Crippen LogP contribution in [0.25, 0.3) is 0 Å². The van der Waals surface area contributed by atoms with Crippen LogP contribution in [0.5, 0.6) is 0 Å². The number of benzene rings is 1. The van der Waals surface area contributed by atoms with Crippen molar-refractivity contribution in [2.45, 2.75) is 33.6 Å². The second kappa shape index (κ2) is 13.5. The van der Waals surface area contributed by atoms with E-state index in [0.29, 0.717) is 5.92 Å². The van der Waals surface area contributed by atoms with Gasteiger partial charge in [-0.05, 0) is 37.8 Å². The Balaban J connectivity index is 0.00000484. The average molecular weight is 432 g/mol. The monoisotopic (exact) mass is 432 g/mol. The molecule has 0 aliphatic heterocycles. The zero-order valence-corrected chi connectivity index (χ0v) is 17.3. The van der Waals surface area contributed by atoms with E-state index in [4.69, 9.17) is 0 Å². The van der Waals surface area contributed by atoms with Crippen molar-refractivity contribution in [1.29, 1.82) is 0 Å². The maximum absolute atomic E-state index is 4.58. The normalized spacial score (nSPS) is 11.1. The topological polar surface area (TPSA) is 39.7 Å². The van der Waals surface area contributed by atoms with Crippen LogP contribution >= 0.6 is 24.0 Å². The predicted octanol–water partition coefficient (Wildman–Crippen LogP) is 3.73. The van der Waals surface area contributed by atoms with E-state index in [0.717, 1.165) is 38.6 Å². The Hall–Kier alpha value is -0.980. The van der Waals surface area contributed by atoms with Crippen molar-refractivity contribution in [3.63, 3.8) is 0 Å². The molecular weight excluding hydrogens is 399 g/mol. The summed E-state index contributed by atoms with van der Waals surface area (Å²) in [6, 6.07) is 10.5. The number of halogens is 1. The summed E-state index contributed by atoms with van der Waals surface area (Å²) < 4.78 is 0. The number of hydrogen-bond donors (Lipinski definition) is 2. The third kappa shape index (κ3) is 10.4. The van der Waals surface area contributed by atoms with Gasteiger partial charge in [0, 0.05) is 38.9 Å². The lowest BCUT2D eigenvalue weighted by atomic mass is 10.2. The molecule has 0 aromatic heterocycles. The molecule has 0 saturated heterocycles. The van der Waals surface area contributed by atoms with Crippen LogP contribution < -0.4 is 15.5 Å². The molecule has 0 unspecified atom stereocenters. The third-order valence-electron chi connectivity index (χ3n) is 3.37. The quantitative estimate of drug-likeness (QED) is 0.270. The average Bonchev–Trinajstić information content (AvgIpc) is 2.52. The van der Waals surface area contributed by atoms with E-state index in [1.807, 2.05) is 0 Å². The summed E-state index contributed by atoms with van der Waals surface area (Å²) in [6.45, 7) is 10.3. The fourth-order valence-electron chi connectivity index (χ4n) is 2.11. The number of nitrogens with one attached hydrogen (secondary N) is 2. The lowest BCUT2D eigenvalue weighted by molar-refractivity contribution is 0.649. The van der Waals surface area contributed by atoms with Crippen molar-refractivity contribution in [2.75, 3.05) is 38.1 Å². The van der Waals surface area contributed by atoms with Gasteiger partial charge >= 0.3 is 0 Å². The highest BCUT2D eigenvalue weighted by Gasteiger charge is 2.00. The van der Waals surface area contributed by atoms with E-state index in [2.05, 4.69) is 78.7 Å². The number of guanidine groups is 1. The Bertz CT molecular complexity index is 420. The molecule has 2 N–H and O–H groups in total.